The Morgan fingerprint density at radius 3 is 2.20 bits per heavy atom. The van der Waals surface area contributed by atoms with Crippen LogP contribution in [0.15, 0.2) is 36.7 Å². The third-order valence-electron chi connectivity index (χ3n) is 2.11. The summed E-state index contributed by atoms with van der Waals surface area (Å²) in [5, 5.41) is 4.14. The first kappa shape index (κ1) is 9.58. The van der Waals surface area contributed by atoms with E-state index in [1.54, 1.807) is 25.1 Å². The molecule has 0 aliphatic rings. The Morgan fingerprint density at radius 1 is 1.07 bits per heavy atom. The summed E-state index contributed by atoms with van der Waals surface area (Å²) in [6.45, 7) is 0. The molecule has 1 aromatic heterocycles. The summed E-state index contributed by atoms with van der Waals surface area (Å²) >= 11 is 0. The lowest BCUT2D eigenvalue weighted by atomic mass is 10.3. The summed E-state index contributed by atoms with van der Waals surface area (Å²) < 4.78 is 12.1. The van der Waals surface area contributed by atoms with Crippen LogP contribution in [0, 0.1) is 0 Å². The second kappa shape index (κ2) is 4.04. The molecule has 2 aromatic rings. The van der Waals surface area contributed by atoms with Gasteiger partial charge in [0.05, 0.1) is 19.9 Å². The molecule has 1 heterocycles. The number of methoxy groups -OCH3 is 2. The van der Waals surface area contributed by atoms with Gasteiger partial charge in [0.25, 0.3) is 0 Å². The van der Waals surface area contributed by atoms with Crippen molar-refractivity contribution >= 4 is 0 Å². The van der Waals surface area contributed by atoms with Crippen LogP contribution in [-0.4, -0.2) is 24.0 Å². The molecule has 4 nitrogen and oxygen atoms in total. The average molecular weight is 204 g/mol. The van der Waals surface area contributed by atoms with Crippen LogP contribution in [0.1, 0.15) is 0 Å². The van der Waals surface area contributed by atoms with Gasteiger partial charge < -0.3 is 9.47 Å². The summed E-state index contributed by atoms with van der Waals surface area (Å²) in [4.78, 5) is 0. The van der Waals surface area contributed by atoms with Crippen molar-refractivity contribution in [1.82, 2.24) is 9.78 Å². The molecule has 4 heteroatoms. The Hall–Kier alpha value is -1.97. The molecule has 0 radical (unpaired) electrons. The first-order valence-corrected chi connectivity index (χ1v) is 4.56. The van der Waals surface area contributed by atoms with Crippen LogP contribution in [-0.2, 0) is 0 Å². The largest absolute Gasteiger partial charge is 0.497 e. The van der Waals surface area contributed by atoms with Crippen molar-refractivity contribution in [2.45, 2.75) is 0 Å². The van der Waals surface area contributed by atoms with Crippen LogP contribution in [0.2, 0.25) is 0 Å². The molecule has 0 bridgehead atoms. The van der Waals surface area contributed by atoms with Crippen molar-refractivity contribution in [3.05, 3.63) is 36.7 Å². The zero-order valence-electron chi connectivity index (χ0n) is 8.68. The summed E-state index contributed by atoms with van der Waals surface area (Å²) in [5.41, 5.74) is 0.913. The predicted octanol–water partition coefficient (Wildman–Crippen LogP) is 1.89. The Balaban J connectivity index is 2.47. The van der Waals surface area contributed by atoms with Gasteiger partial charge in [-0.25, -0.2) is 4.68 Å². The fourth-order valence-electron chi connectivity index (χ4n) is 1.35. The van der Waals surface area contributed by atoms with Crippen molar-refractivity contribution in [2.75, 3.05) is 14.2 Å². The van der Waals surface area contributed by atoms with E-state index in [0.717, 1.165) is 17.2 Å². The fraction of sp³-hybridized carbons (Fsp3) is 0.182. The molecule has 0 saturated heterocycles. The SMILES string of the molecule is COc1cc(OC)cc(-n2cccn2)c1. The zero-order valence-corrected chi connectivity index (χ0v) is 8.68. The molecule has 15 heavy (non-hydrogen) atoms. The Morgan fingerprint density at radius 2 is 1.73 bits per heavy atom. The van der Waals surface area contributed by atoms with Crippen LogP contribution in [0.5, 0.6) is 11.5 Å². The van der Waals surface area contributed by atoms with Gasteiger partial charge >= 0.3 is 0 Å². The summed E-state index contributed by atoms with van der Waals surface area (Å²) in [6, 6.07) is 7.49. The minimum atomic E-state index is 0.750. The van der Waals surface area contributed by atoms with E-state index in [4.69, 9.17) is 9.47 Å². The Labute approximate surface area is 88.1 Å². The first-order valence-electron chi connectivity index (χ1n) is 4.56. The molecular formula is C11H12N2O2. The van der Waals surface area contributed by atoms with E-state index in [2.05, 4.69) is 5.10 Å². The molecular weight excluding hydrogens is 192 g/mol. The van der Waals surface area contributed by atoms with Crippen molar-refractivity contribution in [1.29, 1.82) is 0 Å². The average Bonchev–Trinajstić information content (AvgIpc) is 2.81. The number of aromatic nitrogens is 2. The van der Waals surface area contributed by atoms with E-state index >= 15 is 0 Å². The monoisotopic (exact) mass is 204 g/mol. The van der Waals surface area contributed by atoms with E-state index in [1.165, 1.54) is 0 Å². The molecule has 0 atom stereocenters. The van der Waals surface area contributed by atoms with Crippen molar-refractivity contribution < 1.29 is 9.47 Å². The second-order valence-electron chi connectivity index (χ2n) is 3.02. The van der Waals surface area contributed by atoms with Crippen molar-refractivity contribution in [3.8, 4) is 17.2 Å². The molecule has 0 unspecified atom stereocenters. The summed E-state index contributed by atoms with van der Waals surface area (Å²) in [7, 11) is 3.25. The normalized spacial score (nSPS) is 10.0. The molecule has 0 fully saturated rings. The molecule has 78 valence electrons. The van der Waals surface area contributed by atoms with Crippen LogP contribution in [0.3, 0.4) is 0 Å². The van der Waals surface area contributed by atoms with Gasteiger partial charge in [-0.05, 0) is 6.07 Å². The molecule has 0 spiro atoms. The topological polar surface area (TPSA) is 36.3 Å². The number of hydrogen-bond donors (Lipinski definition) is 0. The molecule has 2 rings (SSSR count). The van der Waals surface area contributed by atoms with Gasteiger partial charge in [0, 0.05) is 30.6 Å². The number of rotatable bonds is 3. The van der Waals surface area contributed by atoms with Crippen molar-refractivity contribution in [3.63, 3.8) is 0 Å². The molecule has 0 saturated carbocycles. The van der Waals surface area contributed by atoms with Crippen LogP contribution >= 0.6 is 0 Å². The van der Waals surface area contributed by atoms with Gasteiger partial charge in [0.2, 0.25) is 0 Å². The first-order chi connectivity index (χ1) is 7.33. The maximum Gasteiger partial charge on any atom is 0.124 e. The van der Waals surface area contributed by atoms with E-state index < -0.39 is 0 Å². The van der Waals surface area contributed by atoms with Gasteiger partial charge in [-0.3, -0.25) is 0 Å². The van der Waals surface area contributed by atoms with E-state index in [0.29, 0.717) is 0 Å². The van der Waals surface area contributed by atoms with Crippen LogP contribution < -0.4 is 9.47 Å². The van der Waals surface area contributed by atoms with Gasteiger partial charge in [-0.2, -0.15) is 5.10 Å². The highest BCUT2D eigenvalue weighted by molar-refractivity contribution is 5.45. The fourth-order valence-corrected chi connectivity index (χ4v) is 1.35. The predicted molar refractivity (Wildman–Crippen MR) is 56.7 cm³/mol. The number of ether oxygens (including phenoxy) is 2. The maximum absolute atomic E-state index is 5.17. The van der Waals surface area contributed by atoms with Crippen LogP contribution in [0.4, 0.5) is 0 Å². The molecule has 0 amide bonds. The highest BCUT2D eigenvalue weighted by Crippen LogP contribution is 2.24. The van der Waals surface area contributed by atoms with Gasteiger partial charge in [-0.1, -0.05) is 0 Å². The zero-order chi connectivity index (χ0) is 10.7. The molecule has 0 aliphatic carbocycles. The molecule has 0 aliphatic heterocycles. The standard InChI is InChI=1S/C11H12N2O2/c1-14-10-6-9(7-11(8-10)15-2)13-5-3-4-12-13/h3-8H,1-2H3. The minimum absolute atomic E-state index is 0.750. The van der Waals surface area contributed by atoms with E-state index in [-0.39, 0.29) is 0 Å². The Bertz CT molecular complexity index is 416. The summed E-state index contributed by atoms with van der Waals surface area (Å²) in [6.07, 6.45) is 3.60. The Kier molecular flexibility index (Phi) is 2.58. The third kappa shape index (κ3) is 1.93. The third-order valence-corrected chi connectivity index (χ3v) is 2.11. The van der Waals surface area contributed by atoms with Crippen LogP contribution in [0.25, 0.3) is 5.69 Å². The lowest BCUT2D eigenvalue weighted by Crippen LogP contribution is -1.96. The smallest absolute Gasteiger partial charge is 0.124 e. The molecule has 0 N–H and O–H groups in total. The lowest BCUT2D eigenvalue weighted by Gasteiger charge is -2.08. The number of hydrogen-bond acceptors (Lipinski definition) is 3. The van der Waals surface area contributed by atoms with Gasteiger partial charge in [0.1, 0.15) is 11.5 Å². The minimum Gasteiger partial charge on any atom is -0.497 e. The second-order valence-corrected chi connectivity index (χ2v) is 3.02. The highest BCUT2D eigenvalue weighted by atomic mass is 16.5. The quantitative estimate of drug-likeness (QED) is 0.766. The van der Waals surface area contributed by atoms with Gasteiger partial charge in [-0.15, -0.1) is 0 Å². The van der Waals surface area contributed by atoms with Crippen molar-refractivity contribution in [2.24, 2.45) is 0 Å². The lowest BCUT2D eigenvalue weighted by molar-refractivity contribution is 0.394. The summed E-state index contributed by atoms with van der Waals surface area (Å²) in [5.74, 6) is 1.50. The highest BCUT2D eigenvalue weighted by Gasteiger charge is 2.03. The van der Waals surface area contributed by atoms with E-state index in [9.17, 15) is 0 Å². The number of benzene rings is 1. The van der Waals surface area contributed by atoms with Gasteiger partial charge in [0.15, 0.2) is 0 Å². The molecule has 1 aromatic carbocycles. The maximum atomic E-state index is 5.17. The van der Waals surface area contributed by atoms with E-state index in [1.807, 2.05) is 30.5 Å². The number of nitrogens with zero attached hydrogens (tertiary/aromatic N) is 2.